The Balaban J connectivity index is 2.55. The van der Waals surface area contributed by atoms with Crippen molar-refractivity contribution in [2.45, 2.75) is 13.0 Å². The van der Waals surface area contributed by atoms with Gasteiger partial charge in [-0.2, -0.15) is 0 Å². The first kappa shape index (κ1) is 14.6. The van der Waals surface area contributed by atoms with Crippen LogP contribution < -0.4 is 10.5 Å². The van der Waals surface area contributed by atoms with Crippen LogP contribution in [0.15, 0.2) is 42.5 Å². The number of rotatable bonds is 5. The normalized spacial score (nSPS) is 12.4. The molecule has 0 heterocycles. The molecule has 5 heteroatoms. The summed E-state index contributed by atoms with van der Waals surface area (Å²) >= 11 is 0. The van der Waals surface area contributed by atoms with Crippen LogP contribution in [-0.2, 0) is 9.59 Å². The van der Waals surface area contributed by atoms with Crippen LogP contribution in [0.1, 0.15) is 12.5 Å². The van der Waals surface area contributed by atoms with Crippen molar-refractivity contribution in [2.75, 3.05) is 0 Å². The number of primary amides is 1. The van der Waals surface area contributed by atoms with Gasteiger partial charge in [-0.25, -0.2) is 4.79 Å². The van der Waals surface area contributed by atoms with Crippen molar-refractivity contribution in [1.29, 1.82) is 0 Å². The second-order valence-electron chi connectivity index (χ2n) is 4.53. The molecule has 2 aromatic rings. The standard InChI is InChI=1S/C16H15NO4/c1-10(16(17)20)21-14-8-6-11-4-2-3-5-12(11)13(14)7-9-15(18)19/h2-10H,1H3,(H2,17,20)(H,18,19)/b9-7+. The zero-order valence-electron chi connectivity index (χ0n) is 11.4. The number of ether oxygens (including phenoxy) is 1. The van der Waals surface area contributed by atoms with Crippen molar-refractivity contribution in [2.24, 2.45) is 5.73 Å². The molecular weight excluding hydrogens is 270 g/mol. The molecule has 0 radical (unpaired) electrons. The van der Waals surface area contributed by atoms with E-state index < -0.39 is 18.0 Å². The minimum Gasteiger partial charge on any atom is -0.480 e. The fourth-order valence-electron chi connectivity index (χ4n) is 1.95. The summed E-state index contributed by atoms with van der Waals surface area (Å²) in [5.74, 6) is -1.23. The fraction of sp³-hybridized carbons (Fsp3) is 0.125. The van der Waals surface area contributed by atoms with Gasteiger partial charge in [0, 0.05) is 11.6 Å². The third-order valence-corrected chi connectivity index (χ3v) is 3.03. The summed E-state index contributed by atoms with van der Waals surface area (Å²) in [6, 6.07) is 11.1. The summed E-state index contributed by atoms with van der Waals surface area (Å²) < 4.78 is 5.53. The second kappa shape index (κ2) is 6.09. The van der Waals surface area contributed by atoms with Gasteiger partial charge in [0.1, 0.15) is 5.75 Å². The highest BCUT2D eigenvalue weighted by atomic mass is 16.5. The largest absolute Gasteiger partial charge is 0.480 e. The Labute approximate surface area is 121 Å². The van der Waals surface area contributed by atoms with Crippen molar-refractivity contribution in [3.8, 4) is 5.75 Å². The highest BCUT2D eigenvalue weighted by Crippen LogP contribution is 2.30. The first-order valence-corrected chi connectivity index (χ1v) is 6.38. The molecule has 1 amide bonds. The van der Waals surface area contributed by atoms with Gasteiger partial charge >= 0.3 is 5.97 Å². The predicted molar refractivity (Wildman–Crippen MR) is 79.9 cm³/mol. The van der Waals surface area contributed by atoms with Gasteiger partial charge in [-0.15, -0.1) is 0 Å². The van der Waals surface area contributed by atoms with Gasteiger partial charge in [0.15, 0.2) is 6.10 Å². The van der Waals surface area contributed by atoms with Crippen LogP contribution in [0.4, 0.5) is 0 Å². The summed E-state index contributed by atoms with van der Waals surface area (Å²) in [6.07, 6.45) is 1.68. The average molecular weight is 285 g/mol. The number of carbonyl (C=O) groups excluding carboxylic acids is 1. The van der Waals surface area contributed by atoms with Crippen LogP contribution >= 0.6 is 0 Å². The quantitative estimate of drug-likeness (QED) is 0.824. The molecule has 108 valence electrons. The molecule has 0 fully saturated rings. The molecule has 21 heavy (non-hydrogen) atoms. The molecule has 0 aliphatic carbocycles. The smallest absolute Gasteiger partial charge is 0.328 e. The summed E-state index contributed by atoms with van der Waals surface area (Å²) in [6.45, 7) is 1.54. The van der Waals surface area contributed by atoms with Crippen LogP contribution in [0.3, 0.4) is 0 Å². The van der Waals surface area contributed by atoms with Crippen LogP contribution in [0.2, 0.25) is 0 Å². The first-order chi connectivity index (χ1) is 9.99. The SMILES string of the molecule is CC(Oc1ccc2ccccc2c1/C=C/C(=O)O)C(N)=O. The van der Waals surface area contributed by atoms with E-state index in [1.807, 2.05) is 30.3 Å². The molecule has 0 saturated carbocycles. The Hall–Kier alpha value is -2.82. The molecule has 0 aliphatic rings. The van der Waals surface area contributed by atoms with E-state index in [0.717, 1.165) is 16.8 Å². The van der Waals surface area contributed by atoms with Crippen molar-refractivity contribution in [1.82, 2.24) is 0 Å². The molecule has 0 spiro atoms. The van der Waals surface area contributed by atoms with E-state index in [2.05, 4.69) is 0 Å². The summed E-state index contributed by atoms with van der Waals surface area (Å²) in [5, 5.41) is 10.6. The summed E-state index contributed by atoms with van der Waals surface area (Å²) in [7, 11) is 0. The maximum Gasteiger partial charge on any atom is 0.328 e. The number of nitrogens with two attached hydrogens (primary N) is 1. The third kappa shape index (κ3) is 3.39. The highest BCUT2D eigenvalue weighted by molar-refractivity contribution is 5.96. The minimum absolute atomic E-state index is 0.414. The molecule has 0 bridgehead atoms. The molecule has 5 nitrogen and oxygen atoms in total. The zero-order chi connectivity index (χ0) is 15.4. The van der Waals surface area contributed by atoms with Gasteiger partial charge in [0.2, 0.25) is 0 Å². The highest BCUT2D eigenvalue weighted by Gasteiger charge is 2.14. The average Bonchev–Trinajstić information content (AvgIpc) is 2.45. The second-order valence-corrected chi connectivity index (χ2v) is 4.53. The number of carboxylic acid groups (broad SMARTS) is 1. The van der Waals surface area contributed by atoms with Crippen molar-refractivity contribution >= 4 is 28.7 Å². The number of hydrogen-bond acceptors (Lipinski definition) is 3. The molecule has 0 aromatic heterocycles. The Morgan fingerprint density at radius 3 is 2.62 bits per heavy atom. The summed E-state index contributed by atoms with van der Waals surface area (Å²) in [5.41, 5.74) is 5.79. The number of fused-ring (bicyclic) bond motifs is 1. The monoisotopic (exact) mass is 285 g/mol. The molecule has 0 aliphatic heterocycles. The minimum atomic E-state index is -1.06. The van der Waals surface area contributed by atoms with E-state index >= 15 is 0 Å². The lowest BCUT2D eigenvalue weighted by Crippen LogP contribution is -2.30. The molecule has 1 unspecified atom stereocenters. The fourth-order valence-corrected chi connectivity index (χ4v) is 1.95. The molecule has 3 N–H and O–H groups in total. The van der Waals surface area contributed by atoms with Gasteiger partial charge in [0.25, 0.3) is 5.91 Å². The number of aliphatic carboxylic acids is 1. The van der Waals surface area contributed by atoms with Gasteiger partial charge < -0.3 is 15.6 Å². The lowest BCUT2D eigenvalue weighted by atomic mass is 10.0. The number of amides is 1. The van der Waals surface area contributed by atoms with Crippen molar-refractivity contribution in [3.05, 3.63) is 48.0 Å². The number of carboxylic acids is 1. The van der Waals surface area contributed by atoms with E-state index in [1.165, 1.54) is 6.08 Å². The van der Waals surface area contributed by atoms with E-state index in [1.54, 1.807) is 13.0 Å². The zero-order valence-corrected chi connectivity index (χ0v) is 11.4. The van der Waals surface area contributed by atoms with Gasteiger partial charge in [-0.05, 0) is 29.8 Å². The topological polar surface area (TPSA) is 89.6 Å². The van der Waals surface area contributed by atoms with Crippen LogP contribution in [0.25, 0.3) is 16.8 Å². The Morgan fingerprint density at radius 1 is 1.24 bits per heavy atom. The molecule has 2 rings (SSSR count). The Morgan fingerprint density at radius 2 is 1.95 bits per heavy atom. The van der Waals surface area contributed by atoms with Crippen LogP contribution in [0.5, 0.6) is 5.75 Å². The van der Waals surface area contributed by atoms with Crippen molar-refractivity contribution in [3.63, 3.8) is 0 Å². The maximum atomic E-state index is 11.1. The number of carbonyl (C=O) groups is 2. The first-order valence-electron chi connectivity index (χ1n) is 6.38. The van der Waals surface area contributed by atoms with E-state index in [4.69, 9.17) is 15.6 Å². The predicted octanol–water partition coefficient (Wildman–Crippen LogP) is 2.19. The maximum absolute atomic E-state index is 11.1. The van der Waals surface area contributed by atoms with Gasteiger partial charge in [-0.3, -0.25) is 4.79 Å². The van der Waals surface area contributed by atoms with E-state index in [0.29, 0.717) is 11.3 Å². The van der Waals surface area contributed by atoms with Gasteiger partial charge in [0.05, 0.1) is 0 Å². The van der Waals surface area contributed by atoms with Crippen molar-refractivity contribution < 1.29 is 19.4 Å². The van der Waals surface area contributed by atoms with E-state index in [9.17, 15) is 9.59 Å². The van der Waals surface area contributed by atoms with E-state index in [-0.39, 0.29) is 0 Å². The third-order valence-electron chi connectivity index (χ3n) is 3.03. The summed E-state index contributed by atoms with van der Waals surface area (Å²) in [4.78, 5) is 21.9. The Bertz CT molecular complexity index is 721. The molecule has 0 saturated heterocycles. The molecule has 2 aromatic carbocycles. The van der Waals surface area contributed by atoms with Crippen LogP contribution in [-0.4, -0.2) is 23.1 Å². The van der Waals surface area contributed by atoms with Crippen LogP contribution in [0, 0.1) is 0 Å². The van der Waals surface area contributed by atoms with Gasteiger partial charge in [-0.1, -0.05) is 30.3 Å². The molecular formula is C16H15NO4. The lowest BCUT2D eigenvalue weighted by Gasteiger charge is -2.15. The Kier molecular flexibility index (Phi) is 4.23. The number of benzene rings is 2. The molecule has 1 atom stereocenters. The lowest BCUT2D eigenvalue weighted by molar-refractivity contribution is -0.131. The number of hydrogen-bond donors (Lipinski definition) is 2.